The number of aliphatic hydroxyl groups excluding tert-OH is 1. The van der Waals surface area contributed by atoms with Crippen LogP contribution >= 0.6 is 0 Å². The lowest BCUT2D eigenvalue weighted by Gasteiger charge is -2.26. The third-order valence-corrected chi connectivity index (χ3v) is 2.97. The fourth-order valence-electron chi connectivity index (χ4n) is 2.27. The van der Waals surface area contributed by atoms with Gasteiger partial charge in [0.25, 0.3) is 0 Å². The van der Waals surface area contributed by atoms with Gasteiger partial charge in [0.1, 0.15) is 0 Å². The maximum atomic E-state index is 9.50. The van der Waals surface area contributed by atoms with Gasteiger partial charge in [0, 0.05) is 11.9 Å². The molecular formula is C14H14N2O. The summed E-state index contributed by atoms with van der Waals surface area (Å²) in [5.41, 5.74) is 2.12. The van der Waals surface area contributed by atoms with Crippen molar-refractivity contribution < 1.29 is 5.11 Å². The first-order valence-corrected chi connectivity index (χ1v) is 5.76. The van der Waals surface area contributed by atoms with Crippen LogP contribution in [0.25, 0.3) is 10.8 Å². The Morgan fingerprint density at radius 2 is 2.00 bits per heavy atom. The molecule has 1 unspecified atom stereocenters. The largest absolute Gasteiger partial charge is 0.392 e. The second-order valence-electron chi connectivity index (χ2n) is 4.40. The molecule has 0 saturated heterocycles. The Morgan fingerprint density at radius 1 is 1.24 bits per heavy atom. The van der Waals surface area contributed by atoms with Crippen molar-refractivity contribution in [2.75, 3.05) is 11.4 Å². The highest BCUT2D eigenvalue weighted by molar-refractivity contribution is 6.09. The molecule has 3 rings (SSSR count). The van der Waals surface area contributed by atoms with Crippen molar-refractivity contribution in [3.05, 3.63) is 36.4 Å². The molecule has 0 radical (unpaired) electrons. The fourth-order valence-corrected chi connectivity index (χ4v) is 2.27. The SMILES string of the molecule is CC(O)CN1C=Nc2cccc3cccc1c23. The van der Waals surface area contributed by atoms with Crippen LogP contribution in [-0.2, 0) is 0 Å². The van der Waals surface area contributed by atoms with E-state index < -0.39 is 0 Å². The molecule has 3 heteroatoms. The molecule has 2 aromatic rings. The number of hydrogen-bond acceptors (Lipinski definition) is 3. The first kappa shape index (κ1) is 10.3. The molecule has 1 N–H and O–H groups in total. The van der Waals surface area contributed by atoms with E-state index in [0.29, 0.717) is 6.54 Å². The zero-order chi connectivity index (χ0) is 11.8. The molecular weight excluding hydrogens is 212 g/mol. The van der Waals surface area contributed by atoms with E-state index in [1.807, 2.05) is 23.1 Å². The number of benzene rings is 2. The van der Waals surface area contributed by atoms with E-state index in [1.165, 1.54) is 5.39 Å². The van der Waals surface area contributed by atoms with Gasteiger partial charge in [-0.15, -0.1) is 0 Å². The van der Waals surface area contributed by atoms with E-state index in [4.69, 9.17) is 0 Å². The summed E-state index contributed by atoms with van der Waals surface area (Å²) in [6, 6.07) is 12.3. The van der Waals surface area contributed by atoms with Gasteiger partial charge in [-0.25, -0.2) is 4.99 Å². The molecule has 0 aromatic heterocycles. The molecule has 0 bridgehead atoms. The van der Waals surface area contributed by atoms with Crippen LogP contribution in [0, 0.1) is 0 Å². The van der Waals surface area contributed by atoms with Crippen molar-refractivity contribution in [3.63, 3.8) is 0 Å². The van der Waals surface area contributed by atoms with Gasteiger partial charge in [-0.3, -0.25) is 0 Å². The van der Waals surface area contributed by atoms with Gasteiger partial charge in [-0.05, 0) is 24.4 Å². The fraction of sp³-hybridized carbons (Fsp3) is 0.214. The minimum atomic E-state index is -0.373. The van der Waals surface area contributed by atoms with E-state index in [1.54, 1.807) is 13.3 Å². The van der Waals surface area contributed by atoms with E-state index >= 15 is 0 Å². The summed E-state index contributed by atoms with van der Waals surface area (Å²) in [4.78, 5) is 6.44. The van der Waals surface area contributed by atoms with Crippen LogP contribution in [0.5, 0.6) is 0 Å². The summed E-state index contributed by atoms with van der Waals surface area (Å²) in [6.45, 7) is 2.35. The van der Waals surface area contributed by atoms with E-state index in [-0.39, 0.29) is 6.10 Å². The highest BCUT2D eigenvalue weighted by Crippen LogP contribution is 2.36. The molecule has 2 aromatic carbocycles. The number of anilines is 1. The number of nitrogens with zero attached hydrogens (tertiary/aromatic N) is 2. The maximum Gasteiger partial charge on any atom is 0.0958 e. The summed E-state index contributed by atoms with van der Waals surface area (Å²) in [6.07, 6.45) is 1.42. The monoisotopic (exact) mass is 226 g/mol. The predicted octanol–water partition coefficient (Wildman–Crippen LogP) is 2.70. The lowest BCUT2D eigenvalue weighted by molar-refractivity contribution is 0.204. The van der Waals surface area contributed by atoms with Crippen molar-refractivity contribution in [2.24, 2.45) is 4.99 Å². The molecule has 0 spiro atoms. The first-order valence-electron chi connectivity index (χ1n) is 5.76. The molecule has 1 heterocycles. The number of rotatable bonds is 2. The van der Waals surface area contributed by atoms with E-state index in [0.717, 1.165) is 16.8 Å². The summed E-state index contributed by atoms with van der Waals surface area (Å²) >= 11 is 0. The minimum absolute atomic E-state index is 0.373. The molecule has 0 fully saturated rings. The minimum Gasteiger partial charge on any atom is -0.392 e. The standard InChI is InChI=1S/C14H14N2O/c1-10(17)8-16-9-15-12-6-2-4-11-5-3-7-13(16)14(11)12/h2-7,9-10,17H,8H2,1H3. The summed E-state index contributed by atoms with van der Waals surface area (Å²) in [5.74, 6) is 0. The highest BCUT2D eigenvalue weighted by Gasteiger charge is 2.16. The van der Waals surface area contributed by atoms with Crippen LogP contribution in [-0.4, -0.2) is 24.1 Å². The van der Waals surface area contributed by atoms with Crippen LogP contribution in [0.3, 0.4) is 0 Å². The van der Waals surface area contributed by atoms with E-state index in [2.05, 4.69) is 23.2 Å². The second kappa shape index (κ2) is 3.86. The van der Waals surface area contributed by atoms with Crippen LogP contribution in [0.2, 0.25) is 0 Å². The Balaban J connectivity index is 2.20. The Hall–Kier alpha value is -1.87. The van der Waals surface area contributed by atoms with Gasteiger partial charge in [-0.1, -0.05) is 24.3 Å². The third-order valence-electron chi connectivity index (χ3n) is 2.97. The Kier molecular flexibility index (Phi) is 2.34. The van der Waals surface area contributed by atoms with Crippen LogP contribution < -0.4 is 4.90 Å². The molecule has 1 aliphatic rings. The van der Waals surface area contributed by atoms with Crippen molar-refractivity contribution in [2.45, 2.75) is 13.0 Å². The highest BCUT2D eigenvalue weighted by atomic mass is 16.3. The number of aliphatic hydroxyl groups is 1. The van der Waals surface area contributed by atoms with Gasteiger partial charge in [0.2, 0.25) is 0 Å². The number of β-amino-alcohol motifs (C(OH)–C–C–N with tert-alkyl or cyclic N) is 1. The van der Waals surface area contributed by atoms with Crippen molar-refractivity contribution in [1.29, 1.82) is 0 Å². The zero-order valence-corrected chi connectivity index (χ0v) is 9.67. The molecule has 17 heavy (non-hydrogen) atoms. The third kappa shape index (κ3) is 1.68. The molecule has 1 aliphatic heterocycles. The first-order chi connectivity index (χ1) is 8.25. The Morgan fingerprint density at radius 3 is 2.76 bits per heavy atom. The molecule has 0 amide bonds. The average molecular weight is 226 g/mol. The van der Waals surface area contributed by atoms with Crippen LogP contribution in [0.4, 0.5) is 11.4 Å². The lowest BCUT2D eigenvalue weighted by atomic mass is 10.0. The average Bonchev–Trinajstić information content (AvgIpc) is 2.33. The van der Waals surface area contributed by atoms with Gasteiger partial charge >= 0.3 is 0 Å². The van der Waals surface area contributed by atoms with Crippen LogP contribution in [0.1, 0.15) is 6.92 Å². The Labute approximate surface area is 100 Å². The van der Waals surface area contributed by atoms with Crippen LogP contribution in [0.15, 0.2) is 41.4 Å². The smallest absolute Gasteiger partial charge is 0.0958 e. The topological polar surface area (TPSA) is 35.8 Å². The van der Waals surface area contributed by atoms with Gasteiger partial charge in [-0.2, -0.15) is 0 Å². The van der Waals surface area contributed by atoms with Gasteiger partial charge < -0.3 is 10.0 Å². The molecule has 0 saturated carbocycles. The molecule has 86 valence electrons. The van der Waals surface area contributed by atoms with Gasteiger partial charge in [0.05, 0.1) is 23.8 Å². The Bertz CT molecular complexity index is 585. The summed E-state index contributed by atoms with van der Waals surface area (Å²) < 4.78 is 0. The van der Waals surface area contributed by atoms with Crippen molar-refractivity contribution in [1.82, 2.24) is 0 Å². The molecule has 3 nitrogen and oxygen atoms in total. The zero-order valence-electron chi connectivity index (χ0n) is 9.67. The molecule has 1 atom stereocenters. The van der Waals surface area contributed by atoms with Crippen molar-refractivity contribution in [3.8, 4) is 0 Å². The van der Waals surface area contributed by atoms with E-state index in [9.17, 15) is 5.11 Å². The maximum absolute atomic E-state index is 9.50. The van der Waals surface area contributed by atoms with Crippen molar-refractivity contribution >= 4 is 28.5 Å². The predicted molar refractivity (Wildman–Crippen MR) is 71.1 cm³/mol. The normalized spacial score (nSPS) is 15.3. The second-order valence-corrected chi connectivity index (χ2v) is 4.40. The van der Waals surface area contributed by atoms with Gasteiger partial charge in [0.15, 0.2) is 0 Å². The quantitative estimate of drug-likeness (QED) is 0.854. The number of hydrogen-bond donors (Lipinski definition) is 1. The molecule has 0 aliphatic carbocycles. The number of aliphatic imine (C=N–C) groups is 1. The summed E-state index contributed by atoms with van der Waals surface area (Å²) in [7, 11) is 0. The lowest BCUT2D eigenvalue weighted by Crippen LogP contribution is -2.30. The summed E-state index contributed by atoms with van der Waals surface area (Å²) in [5, 5.41) is 11.9.